The number of rotatable bonds is 7. The fourth-order valence-electron chi connectivity index (χ4n) is 1.82. The quantitative estimate of drug-likeness (QED) is 0.781. The van der Waals surface area contributed by atoms with Crippen molar-refractivity contribution in [1.82, 2.24) is 5.32 Å². The molecule has 3 heteroatoms. The zero-order valence-electron chi connectivity index (χ0n) is 10.9. The van der Waals surface area contributed by atoms with Gasteiger partial charge in [-0.15, -0.1) is 0 Å². The molecule has 0 fully saturated rings. The monoisotopic (exact) mass is 299 g/mol. The smallest absolute Gasteiger partial charge is 0.0587 e. The van der Waals surface area contributed by atoms with E-state index in [1.54, 1.807) is 7.11 Å². The molecule has 0 amide bonds. The Hall–Kier alpha value is -0.380. The van der Waals surface area contributed by atoms with Crippen LogP contribution in [0.15, 0.2) is 28.7 Å². The summed E-state index contributed by atoms with van der Waals surface area (Å²) in [5.74, 6) is 0. The summed E-state index contributed by atoms with van der Waals surface area (Å²) in [5.41, 5.74) is 1.65. The van der Waals surface area contributed by atoms with Gasteiger partial charge in [0.15, 0.2) is 0 Å². The molecule has 0 radical (unpaired) electrons. The SMILES string of the molecule is COCCNCC(C)(C)Cc1ccc(Br)cc1. The lowest BCUT2D eigenvalue weighted by Gasteiger charge is -2.25. The van der Waals surface area contributed by atoms with Crippen LogP contribution in [0.2, 0.25) is 0 Å². The van der Waals surface area contributed by atoms with E-state index < -0.39 is 0 Å². The van der Waals surface area contributed by atoms with Gasteiger partial charge in [0.05, 0.1) is 6.61 Å². The van der Waals surface area contributed by atoms with Crippen LogP contribution in [-0.4, -0.2) is 26.8 Å². The zero-order chi connectivity index (χ0) is 12.7. The fourth-order valence-corrected chi connectivity index (χ4v) is 2.08. The van der Waals surface area contributed by atoms with Crippen LogP contribution in [0.5, 0.6) is 0 Å². The molecule has 0 aliphatic carbocycles. The molecule has 0 aliphatic rings. The highest BCUT2D eigenvalue weighted by Crippen LogP contribution is 2.22. The minimum absolute atomic E-state index is 0.265. The molecule has 96 valence electrons. The van der Waals surface area contributed by atoms with Gasteiger partial charge in [0.1, 0.15) is 0 Å². The first-order valence-electron chi connectivity index (χ1n) is 5.98. The highest BCUT2D eigenvalue weighted by molar-refractivity contribution is 9.10. The molecular formula is C14H22BrNO. The Bertz CT molecular complexity index is 321. The highest BCUT2D eigenvalue weighted by atomic mass is 79.9. The average molecular weight is 300 g/mol. The van der Waals surface area contributed by atoms with E-state index in [1.165, 1.54) is 5.56 Å². The van der Waals surface area contributed by atoms with E-state index >= 15 is 0 Å². The third kappa shape index (κ3) is 6.20. The van der Waals surface area contributed by atoms with Crippen LogP contribution in [0.1, 0.15) is 19.4 Å². The van der Waals surface area contributed by atoms with Crippen LogP contribution in [0.3, 0.4) is 0 Å². The Morgan fingerprint density at radius 2 is 1.88 bits per heavy atom. The molecule has 0 saturated carbocycles. The van der Waals surface area contributed by atoms with E-state index in [1.807, 2.05) is 0 Å². The molecule has 17 heavy (non-hydrogen) atoms. The number of halogens is 1. The van der Waals surface area contributed by atoms with Crippen LogP contribution >= 0.6 is 15.9 Å². The van der Waals surface area contributed by atoms with Crippen LogP contribution in [0.4, 0.5) is 0 Å². The number of hydrogen-bond acceptors (Lipinski definition) is 2. The fraction of sp³-hybridized carbons (Fsp3) is 0.571. The highest BCUT2D eigenvalue weighted by Gasteiger charge is 2.17. The number of benzene rings is 1. The van der Waals surface area contributed by atoms with Crippen LogP contribution in [0, 0.1) is 5.41 Å². The molecular weight excluding hydrogens is 278 g/mol. The van der Waals surface area contributed by atoms with Gasteiger partial charge in [-0.25, -0.2) is 0 Å². The summed E-state index contributed by atoms with van der Waals surface area (Å²) in [6.45, 7) is 7.27. The largest absolute Gasteiger partial charge is 0.383 e. The molecule has 1 aromatic carbocycles. The second-order valence-electron chi connectivity index (χ2n) is 5.14. The molecule has 0 bridgehead atoms. The molecule has 0 aromatic heterocycles. The maximum absolute atomic E-state index is 5.02. The first-order chi connectivity index (χ1) is 8.03. The third-order valence-electron chi connectivity index (χ3n) is 2.68. The molecule has 0 saturated heterocycles. The summed E-state index contributed by atoms with van der Waals surface area (Å²) in [6, 6.07) is 8.56. The van der Waals surface area contributed by atoms with Gasteiger partial charge in [0.2, 0.25) is 0 Å². The van der Waals surface area contributed by atoms with Crippen molar-refractivity contribution in [2.45, 2.75) is 20.3 Å². The average Bonchev–Trinajstić information content (AvgIpc) is 2.27. The van der Waals surface area contributed by atoms with Crippen molar-refractivity contribution >= 4 is 15.9 Å². The summed E-state index contributed by atoms with van der Waals surface area (Å²) in [7, 11) is 1.73. The van der Waals surface area contributed by atoms with Crippen LogP contribution in [0.25, 0.3) is 0 Å². The Balaban J connectivity index is 2.40. The zero-order valence-corrected chi connectivity index (χ0v) is 12.5. The van der Waals surface area contributed by atoms with Gasteiger partial charge in [-0.05, 0) is 29.5 Å². The maximum Gasteiger partial charge on any atom is 0.0587 e. The second-order valence-corrected chi connectivity index (χ2v) is 6.05. The molecule has 1 N–H and O–H groups in total. The summed E-state index contributed by atoms with van der Waals surface area (Å²) in [6.07, 6.45) is 1.08. The van der Waals surface area contributed by atoms with E-state index in [0.717, 1.165) is 30.6 Å². The van der Waals surface area contributed by atoms with E-state index in [-0.39, 0.29) is 5.41 Å². The van der Waals surface area contributed by atoms with Crippen molar-refractivity contribution in [3.05, 3.63) is 34.3 Å². The van der Waals surface area contributed by atoms with Crippen molar-refractivity contribution in [3.63, 3.8) is 0 Å². The molecule has 1 rings (SSSR count). The van der Waals surface area contributed by atoms with Crippen molar-refractivity contribution in [2.24, 2.45) is 5.41 Å². The predicted octanol–water partition coefficient (Wildman–Crippen LogP) is 3.25. The lowest BCUT2D eigenvalue weighted by atomic mass is 9.86. The Kier molecular flexibility index (Phi) is 6.17. The summed E-state index contributed by atoms with van der Waals surface area (Å²) >= 11 is 3.46. The summed E-state index contributed by atoms with van der Waals surface area (Å²) in [4.78, 5) is 0. The molecule has 0 aliphatic heterocycles. The van der Waals surface area contributed by atoms with Crippen molar-refractivity contribution in [2.75, 3.05) is 26.8 Å². The molecule has 0 spiro atoms. The predicted molar refractivity (Wildman–Crippen MR) is 76.4 cm³/mol. The van der Waals surface area contributed by atoms with Crippen LogP contribution in [-0.2, 0) is 11.2 Å². The lowest BCUT2D eigenvalue weighted by Crippen LogP contribution is -2.33. The van der Waals surface area contributed by atoms with E-state index in [9.17, 15) is 0 Å². The topological polar surface area (TPSA) is 21.3 Å². The number of ether oxygens (including phenoxy) is 1. The van der Waals surface area contributed by atoms with Gasteiger partial charge in [-0.1, -0.05) is 41.9 Å². The second kappa shape index (κ2) is 7.14. The molecule has 0 atom stereocenters. The lowest BCUT2D eigenvalue weighted by molar-refractivity contribution is 0.194. The first-order valence-corrected chi connectivity index (χ1v) is 6.77. The van der Waals surface area contributed by atoms with Gasteiger partial charge in [-0.2, -0.15) is 0 Å². The molecule has 1 aromatic rings. The van der Waals surface area contributed by atoms with E-state index in [2.05, 4.69) is 59.4 Å². The Morgan fingerprint density at radius 1 is 1.24 bits per heavy atom. The minimum atomic E-state index is 0.265. The van der Waals surface area contributed by atoms with Crippen molar-refractivity contribution in [3.8, 4) is 0 Å². The Labute approximate surface area is 113 Å². The van der Waals surface area contributed by atoms with Gasteiger partial charge in [0.25, 0.3) is 0 Å². The minimum Gasteiger partial charge on any atom is -0.383 e. The normalized spacial score (nSPS) is 11.8. The van der Waals surface area contributed by atoms with Gasteiger partial charge >= 0.3 is 0 Å². The molecule has 0 unspecified atom stereocenters. The van der Waals surface area contributed by atoms with Crippen molar-refractivity contribution in [1.29, 1.82) is 0 Å². The van der Waals surface area contributed by atoms with Gasteiger partial charge < -0.3 is 10.1 Å². The maximum atomic E-state index is 5.02. The van der Waals surface area contributed by atoms with E-state index in [0.29, 0.717) is 0 Å². The Morgan fingerprint density at radius 3 is 2.47 bits per heavy atom. The van der Waals surface area contributed by atoms with Gasteiger partial charge in [-0.3, -0.25) is 0 Å². The van der Waals surface area contributed by atoms with E-state index in [4.69, 9.17) is 4.74 Å². The van der Waals surface area contributed by atoms with Gasteiger partial charge in [0, 0.05) is 24.7 Å². The first kappa shape index (κ1) is 14.7. The molecule has 0 heterocycles. The number of nitrogens with one attached hydrogen (secondary N) is 1. The standard InChI is InChI=1S/C14H22BrNO/c1-14(2,11-16-8-9-17-3)10-12-4-6-13(15)7-5-12/h4-7,16H,8-11H2,1-3H3. The molecule has 2 nitrogen and oxygen atoms in total. The number of hydrogen-bond donors (Lipinski definition) is 1. The third-order valence-corrected chi connectivity index (χ3v) is 3.21. The van der Waals surface area contributed by atoms with Crippen LogP contribution < -0.4 is 5.32 Å². The summed E-state index contributed by atoms with van der Waals surface area (Å²) < 4.78 is 6.16. The summed E-state index contributed by atoms with van der Waals surface area (Å²) in [5, 5.41) is 3.42. The van der Waals surface area contributed by atoms with Crippen molar-refractivity contribution < 1.29 is 4.74 Å². The number of methoxy groups -OCH3 is 1.